The number of halogens is 2. The van der Waals surface area contributed by atoms with Gasteiger partial charge in [-0.2, -0.15) is 0 Å². The minimum atomic E-state index is 0.366. The molecule has 15 heavy (non-hydrogen) atoms. The van der Waals surface area contributed by atoms with Gasteiger partial charge in [0.25, 0.3) is 0 Å². The molecule has 0 radical (unpaired) electrons. The van der Waals surface area contributed by atoms with E-state index in [-0.39, 0.29) is 0 Å². The van der Waals surface area contributed by atoms with Gasteiger partial charge in [-0.05, 0) is 33.6 Å². The molecule has 0 unspecified atom stereocenters. The third-order valence-corrected chi connectivity index (χ3v) is 3.32. The summed E-state index contributed by atoms with van der Waals surface area (Å²) in [4.78, 5) is 7.98. The molecule has 5 heteroatoms. The Balaban J connectivity index is 2.60. The molecule has 0 spiro atoms. The van der Waals surface area contributed by atoms with E-state index < -0.39 is 0 Å². The van der Waals surface area contributed by atoms with Crippen LogP contribution in [-0.4, -0.2) is 9.97 Å². The second-order valence-electron chi connectivity index (χ2n) is 2.93. The van der Waals surface area contributed by atoms with Crippen LogP contribution in [0.4, 0.5) is 5.69 Å². The van der Waals surface area contributed by atoms with Crippen LogP contribution in [0.3, 0.4) is 0 Å². The SMILES string of the molecule is Nc1c(-c2ccncc2)cnc(Cl)c1Br. The van der Waals surface area contributed by atoms with Gasteiger partial charge in [0.15, 0.2) is 0 Å². The fourth-order valence-electron chi connectivity index (χ4n) is 1.24. The first-order valence-electron chi connectivity index (χ1n) is 4.20. The number of pyridine rings is 2. The minimum absolute atomic E-state index is 0.366. The molecule has 0 aliphatic heterocycles. The zero-order valence-corrected chi connectivity index (χ0v) is 9.96. The average molecular weight is 285 g/mol. The van der Waals surface area contributed by atoms with E-state index in [0.29, 0.717) is 15.3 Å². The predicted molar refractivity (Wildman–Crippen MR) is 64.6 cm³/mol. The first-order valence-corrected chi connectivity index (χ1v) is 5.37. The number of rotatable bonds is 1. The van der Waals surface area contributed by atoms with E-state index in [9.17, 15) is 0 Å². The number of anilines is 1. The molecule has 0 aliphatic carbocycles. The molecule has 0 amide bonds. The van der Waals surface area contributed by atoms with Crippen molar-refractivity contribution in [2.24, 2.45) is 0 Å². The maximum absolute atomic E-state index is 5.92. The van der Waals surface area contributed by atoms with Gasteiger partial charge in [0, 0.05) is 24.2 Å². The van der Waals surface area contributed by atoms with E-state index in [0.717, 1.165) is 11.1 Å². The van der Waals surface area contributed by atoms with E-state index in [1.54, 1.807) is 18.6 Å². The third kappa shape index (κ3) is 1.96. The van der Waals surface area contributed by atoms with Gasteiger partial charge >= 0.3 is 0 Å². The van der Waals surface area contributed by atoms with Crippen LogP contribution in [0.1, 0.15) is 0 Å². The molecule has 2 aromatic rings. The summed E-state index contributed by atoms with van der Waals surface area (Å²) in [6.45, 7) is 0. The standard InChI is InChI=1S/C10H7BrClN3/c11-8-9(13)7(5-15-10(8)12)6-1-3-14-4-2-6/h1-5H,(H2,13,15). The summed E-state index contributed by atoms with van der Waals surface area (Å²) in [6.07, 6.45) is 5.06. The quantitative estimate of drug-likeness (QED) is 0.819. The molecule has 3 nitrogen and oxygen atoms in total. The maximum Gasteiger partial charge on any atom is 0.145 e. The van der Waals surface area contributed by atoms with Crippen LogP contribution in [-0.2, 0) is 0 Å². The van der Waals surface area contributed by atoms with Gasteiger partial charge in [-0.25, -0.2) is 4.98 Å². The molecule has 0 atom stereocenters. The lowest BCUT2D eigenvalue weighted by atomic mass is 10.1. The topological polar surface area (TPSA) is 51.8 Å². The third-order valence-electron chi connectivity index (χ3n) is 2.01. The van der Waals surface area contributed by atoms with Crippen LogP contribution in [0.25, 0.3) is 11.1 Å². The van der Waals surface area contributed by atoms with Crippen molar-refractivity contribution in [3.05, 3.63) is 40.3 Å². The molecule has 0 saturated carbocycles. The molecule has 2 aromatic heterocycles. The monoisotopic (exact) mass is 283 g/mol. The van der Waals surface area contributed by atoms with Gasteiger partial charge in [-0.15, -0.1) is 0 Å². The highest BCUT2D eigenvalue weighted by Gasteiger charge is 2.09. The Hall–Kier alpha value is -1.13. The lowest BCUT2D eigenvalue weighted by Crippen LogP contribution is -1.94. The zero-order chi connectivity index (χ0) is 10.8. The van der Waals surface area contributed by atoms with Crippen LogP contribution < -0.4 is 5.73 Å². The van der Waals surface area contributed by atoms with E-state index in [4.69, 9.17) is 17.3 Å². The molecular weight excluding hydrogens is 277 g/mol. The molecule has 2 N–H and O–H groups in total. The second-order valence-corrected chi connectivity index (χ2v) is 4.08. The van der Waals surface area contributed by atoms with Crippen molar-refractivity contribution in [2.45, 2.75) is 0 Å². The Bertz CT molecular complexity index is 488. The van der Waals surface area contributed by atoms with E-state index in [1.807, 2.05) is 12.1 Å². The summed E-state index contributed by atoms with van der Waals surface area (Å²) in [7, 11) is 0. The Morgan fingerprint density at radius 1 is 1.27 bits per heavy atom. The number of nitrogens with two attached hydrogens (primary N) is 1. The minimum Gasteiger partial charge on any atom is -0.397 e. The first-order chi connectivity index (χ1) is 7.20. The smallest absolute Gasteiger partial charge is 0.145 e. The van der Waals surface area contributed by atoms with Crippen molar-refractivity contribution in [2.75, 3.05) is 5.73 Å². The average Bonchev–Trinajstić information content (AvgIpc) is 2.27. The number of hydrogen-bond donors (Lipinski definition) is 1. The Morgan fingerprint density at radius 2 is 1.93 bits per heavy atom. The van der Waals surface area contributed by atoms with Crippen LogP contribution in [0, 0.1) is 0 Å². The number of aromatic nitrogens is 2. The zero-order valence-electron chi connectivity index (χ0n) is 7.61. The van der Waals surface area contributed by atoms with Gasteiger partial charge in [0.05, 0.1) is 10.2 Å². The highest BCUT2D eigenvalue weighted by molar-refractivity contribution is 9.10. The van der Waals surface area contributed by atoms with Crippen LogP contribution in [0.2, 0.25) is 5.15 Å². The van der Waals surface area contributed by atoms with Crippen molar-refractivity contribution in [1.82, 2.24) is 9.97 Å². The maximum atomic E-state index is 5.92. The first kappa shape index (κ1) is 10.4. The second kappa shape index (κ2) is 4.16. The fourth-order valence-corrected chi connectivity index (χ4v) is 1.70. The van der Waals surface area contributed by atoms with Gasteiger partial charge < -0.3 is 5.73 Å². The van der Waals surface area contributed by atoms with E-state index in [2.05, 4.69) is 25.9 Å². The highest BCUT2D eigenvalue weighted by atomic mass is 79.9. The molecule has 2 rings (SSSR count). The lowest BCUT2D eigenvalue weighted by Gasteiger charge is -2.07. The summed E-state index contributed by atoms with van der Waals surface area (Å²) >= 11 is 9.12. The van der Waals surface area contributed by atoms with Crippen molar-refractivity contribution < 1.29 is 0 Å². The van der Waals surface area contributed by atoms with Crippen molar-refractivity contribution in [3.63, 3.8) is 0 Å². The van der Waals surface area contributed by atoms with Gasteiger partial charge in [-0.3, -0.25) is 4.98 Å². The Labute approximate surface area is 100 Å². The number of nitrogens with zero attached hydrogens (tertiary/aromatic N) is 2. The normalized spacial score (nSPS) is 10.3. The molecule has 0 aliphatic rings. The number of nitrogen functional groups attached to an aromatic ring is 1. The predicted octanol–water partition coefficient (Wildman–Crippen LogP) is 3.14. The highest BCUT2D eigenvalue weighted by Crippen LogP contribution is 2.34. The molecule has 0 saturated heterocycles. The van der Waals surface area contributed by atoms with Gasteiger partial charge in [-0.1, -0.05) is 11.6 Å². The van der Waals surface area contributed by atoms with Crippen molar-refractivity contribution in [1.29, 1.82) is 0 Å². The van der Waals surface area contributed by atoms with E-state index >= 15 is 0 Å². The summed E-state index contributed by atoms with van der Waals surface area (Å²) in [6, 6.07) is 3.74. The van der Waals surface area contributed by atoms with Crippen molar-refractivity contribution in [3.8, 4) is 11.1 Å². The van der Waals surface area contributed by atoms with Crippen LogP contribution >= 0.6 is 27.5 Å². The van der Waals surface area contributed by atoms with Gasteiger partial charge in [0.1, 0.15) is 5.15 Å². The Kier molecular flexibility index (Phi) is 2.88. The molecular formula is C10H7BrClN3. The van der Waals surface area contributed by atoms with Gasteiger partial charge in [0.2, 0.25) is 0 Å². The number of hydrogen-bond acceptors (Lipinski definition) is 3. The summed E-state index contributed by atoms with van der Waals surface area (Å²) in [5, 5.41) is 0.366. The molecule has 76 valence electrons. The summed E-state index contributed by atoms with van der Waals surface area (Å²) in [5.41, 5.74) is 8.31. The molecule has 0 aromatic carbocycles. The fraction of sp³-hybridized carbons (Fsp3) is 0. The lowest BCUT2D eigenvalue weighted by molar-refractivity contribution is 1.29. The molecule has 0 fully saturated rings. The van der Waals surface area contributed by atoms with E-state index in [1.165, 1.54) is 0 Å². The summed E-state index contributed by atoms with van der Waals surface area (Å²) < 4.78 is 0.624. The Morgan fingerprint density at radius 3 is 2.60 bits per heavy atom. The summed E-state index contributed by atoms with van der Waals surface area (Å²) in [5.74, 6) is 0. The van der Waals surface area contributed by atoms with Crippen molar-refractivity contribution >= 4 is 33.2 Å². The molecule has 2 heterocycles. The molecule has 0 bridgehead atoms. The largest absolute Gasteiger partial charge is 0.397 e. The van der Waals surface area contributed by atoms with Crippen LogP contribution in [0.5, 0.6) is 0 Å². The van der Waals surface area contributed by atoms with Crippen LogP contribution in [0.15, 0.2) is 35.2 Å².